The predicted octanol–water partition coefficient (Wildman–Crippen LogP) is 18.7. The van der Waals surface area contributed by atoms with Gasteiger partial charge >= 0.3 is 0 Å². The Balaban J connectivity index is 0.961. The summed E-state index contributed by atoms with van der Waals surface area (Å²) in [6.45, 7) is 0. The Morgan fingerprint density at radius 3 is 1.60 bits per heavy atom. The minimum atomic E-state index is 0.855. The van der Waals surface area contributed by atoms with Crippen molar-refractivity contribution in [3.05, 3.63) is 243 Å². The van der Waals surface area contributed by atoms with Crippen LogP contribution in [0.1, 0.15) is 0 Å². The molecule has 0 aliphatic rings. The normalized spacial score (nSPS) is 11.8. The van der Waals surface area contributed by atoms with Crippen LogP contribution in [-0.4, -0.2) is 0 Å². The van der Waals surface area contributed by atoms with Crippen molar-refractivity contribution in [3.63, 3.8) is 0 Å². The molecule has 68 heavy (non-hydrogen) atoms. The molecule has 0 fully saturated rings. The van der Waals surface area contributed by atoms with Gasteiger partial charge in [0.2, 0.25) is 0 Å². The number of rotatable bonds is 7. The molecule has 0 aliphatic carbocycles. The Morgan fingerprint density at radius 2 is 0.794 bits per heavy atom. The maximum Gasteiger partial charge on any atom is 0.159 e. The fourth-order valence-corrected chi connectivity index (χ4v) is 10.8. The third kappa shape index (κ3) is 5.94. The van der Waals surface area contributed by atoms with Crippen LogP contribution in [0.15, 0.2) is 251 Å². The Kier molecular flexibility index (Phi) is 8.55. The Bertz CT molecular complexity index is 4260. The molecule has 0 saturated heterocycles. The third-order valence-corrected chi connectivity index (χ3v) is 13.8. The summed E-state index contributed by atoms with van der Waals surface area (Å²) in [6.07, 6.45) is 0. The lowest BCUT2D eigenvalue weighted by Crippen LogP contribution is -2.11. The minimum absolute atomic E-state index is 0.855. The minimum Gasteiger partial charge on any atom is -0.456 e. The highest BCUT2D eigenvalue weighted by atomic mass is 16.3. The Hall–Kier alpha value is -9.12. The molecule has 0 N–H and O–H groups in total. The molecule has 4 heteroatoms. The summed E-state index contributed by atoms with van der Waals surface area (Å²) >= 11 is 0. The number of hydrogen-bond acceptors (Lipinski definition) is 4. The molecular formula is C64H40N2O2. The molecule has 318 valence electrons. The van der Waals surface area contributed by atoms with Crippen LogP contribution in [0.3, 0.4) is 0 Å². The van der Waals surface area contributed by atoms with Gasteiger partial charge in [0, 0.05) is 55.9 Å². The smallest absolute Gasteiger partial charge is 0.159 e. The summed E-state index contributed by atoms with van der Waals surface area (Å²) < 4.78 is 13.1. The van der Waals surface area contributed by atoms with E-state index in [1.54, 1.807) is 0 Å². The van der Waals surface area contributed by atoms with E-state index in [9.17, 15) is 0 Å². The number of benzene rings is 12. The standard InChI is InChI=1S/C64H40N2O2/c1-3-16-41(17-4-1)47-20-9-12-26-58(47)66(59-27-15-25-56-52-23-11-14-29-61(52)68-64(56)59)44-31-35-48-42(38-44)30-34-55-50-36-32-45(39-57(50)49-21-7-8-24-54(49)63(48)55)65(43-18-5-2-6-19-43)46-33-37-53-51-22-10-13-28-60(51)67-62(53)40-46/h1-40H. The first-order chi connectivity index (χ1) is 33.7. The zero-order valence-electron chi connectivity index (χ0n) is 36.8. The molecule has 0 amide bonds. The van der Waals surface area contributed by atoms with Crippen molar-refractivity contribution in [2.24, 2.45) is 0 Å². The van der Waals surface area contributed by atoms with E-state index in [2.05, 4.69) is 234 Å². The first kappa shape index (κ1) is 38.2. The van der Waals surface area contributed by atoms with Crippen molar-refractivity contribution in [2.45, 2.75) is 0 Å². The largest absolute Gasteiger partial charge is 0.456 e. The summed E-state index contributed by atoms with van der Waals surface area (Å²) in [5, 5.41) is 14.1. The summed E-state index contributed by atoms with van der Waals surface area (Å²) in [4.78, 5) is 4.71. The van der Waals surface area contributed by atoms with Gasteiger partial charge in [0.25, 0.3) is 0 Å². The van der Waals surface area contributed by atoms with Gasteiger partial charge in [0.15, 0.2) is 5.58 Å². The van der Waals surface area contributed by atoms with Crippen LogP contribution in [0.25, 0.3) is 98.1 Å². The molecule has 0 saturated carbocycles. The van der Waals surface area contributed by atoms with Crippen LogP contribution in [-0.2, 0) is 0 Å². The average molecular weight is 869 g/mol. The second-order valence-corrected chi connectivity index (χ2v) is 17.6. The fourth-order valence-electron chi connectivity index (χ4n) is 10.8. The molecule has 2 aromatic heterocycles. The molecule has 14 aromatic rings. The van der Waals surface area contributed by atoms with Gasteiger partial charge in [-0.3, -0.25) is 0 Å². The van der Waals surface area contributed by atoms with E-state index in [1.165, 1.54) is 37.7 Å². The lowest BCUT2D eigenvalue weighted by Gasteiger charge is -2.28. The van der Waals surface area contributed by atoms with Crippen molar-refractivity contribution >= 4 is 121 Å². The van der Waals surface area contributed by atoms with Crippen molar-refractivity contribution in [1.29, 1.82) is 0 Å². The van der Waals surface area contributed by atoms with Gasteiger partial charge in [-0.1, -0.05) is 164 Å². The summed E-state index contributed by atoms with van der Waals surface area (Å²) in [5.74, 6) is 0. The molecule has 0 aliphatic heterocycles. The number of fused-ring (bicyclic) bond motifs is 14. The maximum atomic E-state index is 6.74. The Labute approximate surface area is 391 Å². The van der Waals surface area contributed by atoms with Crippen molar-refractivity contribution < 1.29 is 8.83 Å². The van der Waals surface area contributed by atoms with E-state index in [0.29, 0.717) is 0 Å². The van der Waals surface area contributed by atoms with Gasteiger partial charge in [0.1, 0.15) is 16.7 Å². The Morgan fingerprint density at radius 1 is 0.265 bits per heavy atom. The molecule has 0 radical (unpaired) electrons. The zero-order chi connectivity index (χ0) is 44.7. The molecule has 4 nitrogen and oxygen atoms in total. The number of para-hydroxylation sites is 5. The number of furan rings is 2. The van der Waals surface area contributed by atoms with E-state index in [-0.39, 0.29) is 0 Å². The van der Waals surface area contributed by atoms with Crippen LogP contribution >= 0.6 is 0 Å². The van der Waals surface area contributed by atoms with Gasteiger partial charge in [-0.2, -0.15) is 0 Å². The second-order valence-electron chi connectivity index (χ2n) is 17.6. The molecule has 0 spiro atoms. The lowest BCUT2D eigenvalue weighted by molar-refractivity contribution is 0.668. The number of anilines is 6. The van der Waals surface area contributed by atoms with E-state index in [1.807, 2.05) is 18.2 Å². The highest BCUT2D eigenvalue weighted by Gasteiger charge is 2.23. The van der Waals surface area contributed by atoms with Crippen LogP contribution in [0.5, 0.6) is 0 Å². The van der Waals surface area contributed by atoms with Gasteiger partial charge < -0.3 is 18.6 Å². The zero-order valence-corrected chi connectivity index (χ0v) is 36.8. The summed E-state index contributed by atoms with van der Waals surface area (Å²) in [7, 11) is 0. The topological polar surface area (TPSA) is 32.8 Å². The maximum absolute atomic E-state index is 6.74. The molecule has 0 bridgehead atoms. The van der Waals surface area contributed by atoms with E-state index < -0.39 is 0 Å². The van der Waals surface area contributed by atoms with Crippen LogP contribution in [0.2, 0.25) is 0 Å². The van der Waals surface area contributed by atoms with Crippen molar-refractivity contribution in [3.8, 4) is 11.1 Å². The van der Waals surface area contributed by atoms with Crippen LogP contribution < -0.4 is 9.80 Å². The molecule has 0 unspecified atom stereocenters. The highest BCUT2D eigenvalue weighted by Crippen LogP contribution is 2.48. The average Bonchev–Trinajstić information content (AvgIpc) is 3.98. The van der Waals surface area contributed by atoms with Crippen LogP contribution in [0.4, 0.5) is 34.1 Å². The molecular weight excluding hydrogens is 829 g/mol. The SMILES string of the molecule is c1ccc(-c2ccccc2N(c2ccc3c(ccc4c5ccc(N(c6ccccc6)c6ccc7c(c6)oc6ccccc67)cc5c5ccccc5c34)c2)c2cccc3c2oc2ccccc23)cc1. The third-order valence-electron chi connectivity index (χ3n) is 13.8. The van der Waals surface area contributed by atoms with Gasteiger partial charge in [-0.05, 0) is 121 Å². The lowest BCUT2D eigenvalue weighted by atomic mass is 9.90. The van der Waals surface area contributed by atoms with E-state index >= 15 is 0 Å². The van der Waals surface area contributed by atoms with Crippen molar-refractivity contribution in [2.75, 3.05) is 9.80 Å². The van der Waals surface area contributed by atoms with Gasteiger partial charge in [0.05, 0.1) is 11.4 Å². The monoisotopic (exact) mass is 868 g/mol. The molecule has 2 heterocycles. The quantitative estimate of drug-likeness (QED) is 0.149. The van der Waals surface area contributed by atoms with E-state index in [0.717, 1.165) is 94.5 Å². The second kappa shape index (κ2) is 15.2. The first-order valence-electron chi connectivity index (χ1n) is 23.2. The molecule has 12 aromatic carbocycles. The number of nitrogens with zero attached hydrogens (tertiary/aromatic N) is 2. The number of hydrogen-bond donors (Lipinski definition) is 0. The van der Waals surface area contributed by atoms with E-state index in [4.69, 9.17) is 8.83 Å². The van der Waals surface area contributed by atoms with Crippen LogP contribution in [0, 0.1) is 0 Å². The summed E-state index contributed by atoms with van der Waals surface area (Å²) in [5.41, 5.74) is 12.1. The summed E-state index contributed by atoms with van der Waals surface area (Å²) in [6, 6.07) is 87.0. The highest BCUT2D eigenvalue weighted by molar-refractivity contribution is 6.32. The molecule has 0 atom stereocenters. The first-order valence-corrected chi connectivity index (χ1v) is 23.2. The fraction of sp³-hybridized carbons (Fsp3) is 0. The predicted molar refractivity (Wildman–Crippen MR) is 286 cm³/mol. The van der Waals surface area contributed by atoms with Gasteiger partial charge in [-0.25, -0.2) is 0 Å². The van der Waals surface area contributed by atoms with Gasteiger partial charge in [-0.15, -0.1) is 0 Å². The molecule has 14 rings (SSSR count). The van der Waals surface area contributed by atoms with Crippen molar-refractivity contribution in [1.82, 2.24) is 0 Å².